The Kier molecular flexibility index (Phi) is 7.10. The zero-order valence-electron chi connectivity index (χ0n) is 17.4. The van der Waals surface area contributed by atoms with Gasteiger partial charge in [-0.25, -0.2) is 0 Å². The first-order valence-electron chi connectivity index (χ1n) is 9.54. The first kappa shape index (κ1) is 22.2. The van der Waals surface area contributed by atoms with E-state index in [1.165, 1.54) is 9.80 Å². The number of nitrogens with zero attached hydrogens (tertiary/aromatic N) is 3. The monoisotopic (exact) mass is 407 g/mol. The van der Waals surface area contributed by atoms with Crippen LogP contribution in [0, 0.1) is 11.3 Å². The molecule has 0 saturated carbocycles. The lowest BCUT2D eigenvalue weighted by atomic mass is 9.84. The van der Waals surface area contributed by atoms with Crippen LogP contribution in [0.3, 0.4) is 0 Å². The van der Waals surface area contributed by atoms with Crippen molar-refractivity contribution in [1.82, 2.24) is 9.80 Å². The molecule has 1 aliphatic rings. The van der Waals surface area contributed by atoms with Crippen molar-refractivity contribution in [2.24, 2.45) is 11.3 Å². The van der Waals surface area contributed by atoms with Crippen molar-refractivity contribution in [1.29, 1.82) is 0 Å². The molecule has 1 fully saturated rings. The molecule has 0 N–H and O–H groups in total. The van der Waals surface area contributed by atoms with Crippen LogP contribution in [0.15, 0.2) is 24.3 Å². The summed E-state index contributed by atoms with van der Waals surface area (Å²) in [5.41, 5.74) is 0.861. The van der Waals surface area contributed by atoms with Crippen LogP contribution in [0.2, 0.25) is 5.02 Å². The third-order valence-electron chi connectivity index (χ3n) is 4.71. The van der Waals surface area contributed by atoms with Gasteiger partial charge in [-0.3, -0.25) is 19.3 Å². The Morgan fingerprint density at radius 1 is 1.21 bits per heavy atom. The summed E-state index contributed by atoms with van der Waals surface area (Å²) in [7, 11) is 1.64. The molecular weight excluding hydrogens is 378 g/mol. The van der Waals surface area contributed by atoms with Crippen molar-refractivity contribution in [3.05, 3.63) is 29.3 Å². The maximum absolute atomic E-state index is 12.6. The lowest BCUT2D eigenvalue weighted by Gasteiger charge is -2.25. The molecule has 28 heavy (non-hydrogen) atoms. The van der Waals surface area contributed by atoms with Gasteiger partial charge in [-0.1, -0.05) is 39.3 Å². The summed E-state index contributed by atoms with van der Waals surface area (Å²) in [6.07, 6.45) is 1.36. The lowest BCUT2D eigenvalue weighted by Crippen LogP contribution is -2.41. The number of anilines is 1. The molecule has 1 atom stereocenters. The van der Waals surface area contributed by atoms with Crippen molar-refractivity contribution in [3.63, 3.8) is 0 Å². The van der Waals surface area contributed by atoms with E-state index in [9.17, 15) is 14.4 Å². The molecule has 1 heterocycles. The van der Waals surface area contributed by atoms with Gasteiger partial charge in [-0.15, -0.1) is 0 Å². The van der Waals surface area contributed by atoms with Gasteiger partial charge in [-0.05, 0) is 42.0 Å². The first-order valence-corrected chi connectivity index (χ1v) is 9.92. The maximum atomic E-state index is 12.6. The summed E-state index contributed by atoms with van der Waals surface area (Å²) in [6, 6.07) is 6.92. The third kappa shape index (κ3) is 6.23. The molecule has 0 spiro atoms. The molecule has 1 saturated heterocycles. The molecular formula is C21H30ClN3O3. The number of hydrogen-bond donors (Lipinski definition) is 0. The van der Waals surface area contributed by atoms with Crippen molar-refractivity contribution >= 4 is 35.0 Å². The Hall–Kier alpha value is -2.08. The highest BCUT2D eigenvalue weighted by Gasteiger charge is 2.32. The predicted molar refractivity (Wildman–Crippen MR) is 111 cm³/mol. The quantitative estimate of drug-likeness (QED) is 0.726. The van der Waals surface area contributed by atoms with Crippen LogP contribution in [-0.2, 0) is 14.4 Å². The number of benzene rings is 1. The van der Waals surface area contributed by atoms with Crippen LogP contribution in [0.25, 0.3) is 0 Å². The van der Waals surface area contributed by atoms with Crippen molar-refractivity contribution in [2.45, 2.75) is 40.5 Å². The van der Waals surface area contributed by atoms with E-state index in [1.54, 1.807) is 36.2 Å². The largest absolute Gasteiger partial charge is 0.336 e. The summed E-state index contributed by atoms with van der Waals surface area (Å²) < 4.78 is 0. The molecule has 1 unspecified atom stereocenters. The van der Waals surface area contributed by atoms with Crippen LogP contribution in [0.5, 0.6) is 0 Å². The smallest absolute Gasteiger partial charge is 0.248 e. The SMILES string of the molecule is CC(CC(=O)N(C)CC(=O)N1CC(=O)N(c2ccc(Cl)cc2)C1)CC(C)(C)C. The van der Waals surface area contributed by atoms with Crippen molar-refractivity contribution < 1.29 is 14.4 Å². The minimum Gasteiger partial charge on any atom is -0.336 e. The first-order chi connectivity index (χ1) is 13.0. The van der Waals surface area contributed by atoms with Gasteiger partial charge in [0.2, 0.25) is 17.7 Å². The highest BCUT2D eigenvalue weighted by Crippen LogP contribution is 2.26. The van der Waals surface area contributed by atoms with E-state index in [0.717, 1.165) is 6.42 Å². The molecule has 0 radical (unpaired) electrons. The summed E-state index contributed by atoms with van der Waals surface area (Å²) in [6.45, 7) is 8.69. The topological polar surface area (TPSA) is 60.9 Å². The van der Waals surface area contributed by atoms with E-state index in [0.29, 0.717) is 17.1 Å². The van der Waals surface area contributed by atoms with Crippen LogP contribution >= 0.6 is 11.6 Å². The van der Waals surface area contributed by atoms with E-state index >= 15 is 0 Å². The molecule has 0 bridgehead atoms. The molecule has 154 valence electrons. The average molecular weight is 408 g/mol. The van der Waals surface area contributed by atoms with Gasteiger partial charge in [0.1, 0.15) is 13.2 Å². The molecule has 1 aromatic carbocycles. The van der Waals surface area contributed by atoms with E-state index in [-0.39, 0.29) is 48.8 Å². The van der Waals surface area contributed by atoms with Gasteiger partial charge in [0.25, 0.3) is 0 Å². The van der Waals surface area contributed by atoms with Gasteiger partial charge < -0.3 is 9.80 Å². The number of amides is 3. The van der Waals surface area contributed by atoms with Crippen LogP contribution in [-0.4, -0.2) is 54.3 Å². The summed E-state index contributed by atoms with van der Waals surface area (Å²) in [4.78, 5) is 41.8. The molecule has 3 amide bonds. The Balaban J connectivity index is 1.89. The number of carbonyl (C=O) groups excluding carboxylic acids is 3. The average Bonchev–Trinajstić information content (AvgIpc) is 2.95. The van der Waals surface area contributed by atoms with Gasteiger partial charge in [0.05, 0.1) is 6.54 Å². The fraction of sp³-hybridized carbons (Fsp3) is 0.571. The zero-order valence-corrected chi connectivity index (χ0v) is 18.1. The highest BCUT2D eigenvalue weighted by atomic mass is 35.5. The molecule has 2 rings (SSSR count). The van der Waals surface area contributed by atoms with Gasteiger partial charge >= 0.3 is 0 Å². The highest BCUT2D eigenvalue weighted by molar-refractivity contribution is 6.30. The van der Waals surface area contributed by atoms with Crippen molar-refractivity contribution in [3.8, 4) is 0 Å². The van der Waals surface area contributed by atoms with Gasteiger partial charge in [-0.2, -0.15) is 0 Å². The van der Waals surface area contributed by atoms with E-state index in [1.807, 2.05) is 0 Å². The molecule has 0 aromatic heterocycles. The normalized spacial score (nSPS) is 15.7. The standard InChI is InChI=1S/C21H30ClN3O3/c1-15(11-21(2,3)4)10-18(26)23(5)12-19(27)24-13-20(28)25(14-24)17-8-6-16(22)7-9-17/h6-9,15H,10-14H2,1-5H3. The fourth-order valence-corrected chi connectivity index (χ4v) is 3.65. The molecule has 6 nitrogen and oxygen atoms in total. The second-order valence-corrected chi connectivity index (χ2v) is 9.29. The molecule has 7 heteroatoms. The molecule has 1 aromatic rings. The molecule has 1 aliphatic heterocycles. The summed E-state index contributed by atoms with van der Waals surface area (Å²) in [5, 5.41) is 0.587. The lowest BCUT2D eigenvalue weighted by molar-refractivity contribution is -0.139. The number of hydrogen-bond acceptors (Lipinski definition) is 3. The Morgan fingerprint density at radius 3 is 2.39 bits per heavy atom. The van der Waals surface area contributed by atoms with Crippen LogP contribution in [0.1, 0.15) is 40.5 Å². The zero-order chi connectivity index (χ0) is 21.1. The Labute approximate surface area is 172 Å². The van der Waals surface area contributed by atoms with E-state index in [2.05, 4.69) is 27.7 Å². The number of rotatable bonds is 6. The minimum absolute atomic E-state index is 0.0178. The van der Waals surface area contributed by atoms with E-state index in [4.69, 9.17) is 11.6 Å². The Bertz CT molecular complexity index is 727. The fourth-order valence-electron chi connectivity index (χ4n) is 3.52. The minimum atomic E-state index is -0.232. The van der Waals surface area contributed by atoms with Gasteiger partial charge in [0.15, 0.2) is 0 Å². The number of carbonyl (C=O) groups is 3. The second kappa shape index (κ2) is 8.95. The van der Waals surface area contributed by atoms with Crippen LogP contribution < -0.4 is 4.90 Å². The summed E-state index contributed by atoms with van der Waals surface area (Å²) >= 11 is 5.89. The summed E-state index contributed by atoms with van der Waals surface area (Å²) in [5.74, 6) is -0.184. The number of halogens is 1. The predicted octanol–water partition coefficient (Wildman–Crippen LogP) is 3.39. The van der Waals surface area contributed by atoms with Gasteiger partial charge in [0, 0.05) is 24.2 Å². The van der Waals surface area contributed by atoms with Crippen molar-refractivity contribution in [2.75, 3.05) is 31.7 Å². The Morgan fingerprint density at radius 2 is 1.82 bits per heavy atom. The number of likely N-dealkylation sites (N-methyl/N-ethyl adjacent to an activating group) is 1. The van der Waals surface area contributed by atoms with E-state index < -0.39 is 0 Å². The maximum Gasteiger partial charge on any atom is 0.248 e. The third-order valence-corrected chi connectivity index (χ3v) is 4.96. The molecule has 0 aliphatic carbocycles. The second-order valence-electron chi connectivity index (χ2n) is 8.86. The van der Waals surface area contributed by atoms with Crippen LogP contribution in [0.4, 0.5) is 5.69 Å².